The maximum atomic E-state index is 11.2. The Labute approximate surface area is 124 Å². The average molecular weight is 292 g/mol. The number of nitrogens with one attached hydrogen (secondary N) is 2. The largest absolute Gasteiger partial charge is 0.355 e. The smallest absolute Gasteiger partial charge is 0.233 e. The van der Waals surface area contributed by atoms with Crippen molar-refractivity contribution in [1.82, 2.24) is 15.5 Å². The van der Waals surface area contributed by atoms with Crippen LogP contribution in [-0.2, 0) is 4.79 Å². The molecule has 5 heteroatoms. The standard InChI is InChI=1S/C14H29N3O.ClH/c1-12-8-13(2)11-17(10-12)7-5-4-6-16-14(18)9-15-3;/h12-13,15H,4-11H2,1-3H3,(H,16,18);1H. The number of likely N-dealkylation sites (tertiary alicyclic amines) is 1. The molecule has 0 aromatic rings. The number of carbonyl (C=O) groups excluding carboxylic acids is 1. The molecule has 1 heterocycles. The van der Waals surface area contributed by atoms with E-state index < -0.39 is 0 Å². The van der Waals surface area contributed by atoms with Gasteiger partial charge in [0.1, 0.15) is 0 Å². The molecule has 19 heavy (non-hydrogen) atoms. The van der Waals surface area contributed by atoms with Crippen molar-refractivity contribution in [2.24, 2.45) is 11.8 Å². The first-order valence-corrected chi connectivity index (χ1v) is 7.25. The molecule has 0 aliphatic carbocycles. The van der Waals surface area contributed by atoms with Crippen molar-refractivity contribution in [3.05, 3.63) is 0 Å². The van der Waals surface area contributed by atoms with E-state index >= 15 is 0 Å². The van der Waals surface area contributed by atoms with Crippen molar-refractivity contribution >= 4 is 18.3 Å². The summed E-state index contributed by atoms with van der Waals surface area (Å²) in [5.74, 6) is 1.77. The van der Waals surface area contributed by atoms with Crippen LogP contribution in [0.5, 0.6) is 0 Å². The summed E-state index contributed by atoms with van der Waals surface area (Å²) in [5, 5.41) is 5.77. The Bertz CT molecular complexity index is 241. The molecule has 114 valence electrons. The van der Waals surface area contributed by atoms with Gasteiger partial charge in [0.05, 0.1) is 6.54 Å². The zero-order valence-electron chi connectivity index (χ0n) is 12.6. The number of carbonyl (C=O) groups is 1. The molecule has 0 aromatic carbocycles. The van der Waals surface area contributed by atoms with Gasteiger partial charge in [-0.1, -0.05) is 13.8 Å². The summed E-state index contributed by atoms with van der Waals surface area (Å²) in [4.78, 5) is 13.8. The van der Waals surface area contributed by atoms with Crippen LogP contribution in [0, 0.1) is 11.8 Å². The number of amides is 1. The van der Waals surface area contributed by atoms with E-state index in [4.69, 9.17) is 0 Å². The van der Waals surface area contributed by atoms with E-state index in [1.54, 1.807) is 7.05 Å². The van der Waals surface area contributed by atoms with Crippen molar-refractivity contribution in [3.8, 4) is 0 Å². The summed E-state index contributed by atoms with van der Waals surface area (Å²) in [6.07, 6.45) is 3.63. The van der Waals surface area contributed by atoms with E-state index in [1.807, 2.05) is 0 Å². The third-order valence-corrected chi connectivity index (χ3v) is 3.51. The molecule has 1 aliphatic rings. The third kappa shape index (κ3) is 8.45. The van der Waals surface area contributed by atoms with Gasteiger partial charge in [0.25, 0.3) is 0 Å². The van der Waals surface area contributed by atoms with Gasteiger partial charge in [-0.05, 0) is 44.7 Å². The van der Waals surface area contributed by atoms with Gasteiger partial charge in [0, 0.05) is 19.6 Å². The van der Waals surface area contributed by atoms with Crippen molar-refractivity contribution in [2.45, 2.75) is 33.1 Å². The summed E-state index contributed by atoms with van der Waals surface area (Å²) in [5.41, 5.74) is 0. The lowest BCUT2D eigenvalue weighted by Crippen LogP contribution is -2.39. The number of unbranched alkanes of at least 4 members (excludes halogenated alkanes) is 1. The summed E-state index contributed by atoms with van der Waals surface area (Å²) in [6.45, 7) is 9.59. The summed E-state index contributed by atoms with van der Waals surface area (Å²) < 4.78 is 0. The molecule has 2 N–H and O–H groups in total. The Hall–Kier alpha value is -0.320. The summed E-state index contributed by atoms with van der Waals surface area (Å²) in [7, 11) is 1.79. The van der Waals surface area contributed by atoms with Gasteiger partial charge in [0.15, 0.2) is 0 Å². The quantitative estimate of drug-likeness (QED) is 0.699. The van der Waals surface area contributed by atoms with Gasteiger partial charge >= 0.3 is 0 Å². The second-order valence-corrected chi connectivity index (χ2v) is 5.79. The zero-order valence-corrected chi connectivity index (χ0v) is 13.4. The van der Waals surface area contributed by atoms with E-state index in [0.29, 0.717) is 6.54 Å². The average Bonchev–Trinajstić information content (AvgIpc) is 2.27. The predicted octanol–water partition coefficient (Wildman–Crippen LogP) is 1.50. The minimum Gasteiger partial charge on any atom is -0.355 e. The van der Waals surface area contributed by atoms with E-state index in [0.717, 1.165) is 24.8 Å². The Morgan fingerprint density at radius 1 is 1.21 bits per heavy atom. The van der Waals surface area contributed by atoms with Crippen molar-refractivity contribution < 1.29 is 4.79 Å². The number of hydrogen-bond acceptors (Lipinski definition) is 3. The minimum atomic E-state index is 0. The first-order chi connectivity index (χ1) is 8.61. The molecule has 0 bridgehead atoms. The lowest BCUT2D eigenvalue weighted by Gasteiger charge is -2.34. The second kappa shape index (κ2) is 10.5. The molecular weight excluding hydrogens is 262 g/mol. The maximum absolute atomic E-state index is 11.2. The van der Waals surface area contributed by atoms with E-state index in [1.165, 1.54) is 32.5 Å². The maximum Gasteiger partial charge on any atom is 0.233 e. The van der Waals surface area contributed by atoms with Crippen LogP contribution in [0.2, 0.25) is 0 Å². The SMILES string of the molecule is CNCC(=O)NCCCCN1CC(C)CC(C)C1.Cl. The fourth-order valence-corrected chi connectivity index (χ4v) is 2.89. The van der Waals surface area contributed by atoms with Crippen LogP contribution in [0.3, 0.4) is 0 Å². The van der Waals surface area contributed by atoms with Crippen LogP contribution in [0.15, 0.2) is 0 Å². The number of nitrogens with zero attached hydrogens (tertiary/aromatic N) is 1. The first-order valence-electron chi connectivity index (χ1n) is 7.25. The lowest BCUT2D eigenvalue weighted by atomic mass is 9.92. The molecule has 1 amide bonds. The van der Waals surface area contributed by atoms with Crippen LogP contribution in [-0.4, -0.2) is 50.6 Å². The van der Waals surface area contributed by atoms with Crippen LogP contribution in [0.4, 0.5) is 0 Å². The number of piperidine rings is 1. The minimum absolute atomic E-state index is 0. The number of rotatable bonds is 7. The fourth-order valence-electron chi connectivity index (χ4n) is 2.89. The Kier molecular flexibility index (Phi) is 10.3. The summed E-state index contributed by atoms with van der Waals surface area (Å²) in [6, 6.07) is 0. The molecule has 4 nitrogen and oxygen atoms in total. The molecule has 0 radical (unpaired) electrons. The Balaban J connectivity index is 0.00000324. The van der Waals surface area contributed by atoms with Crippen LogP contribution in [0.1, 0.15) is 33.1 Å². The molecule has 1 rings (SSSR count). The highest BCUT2D eigenvalue weighted by Gasteiger charge is 2.20. The Morgan fingerprint density at radius 2 is 1.84 bits per heavy atom. The van der Waals surface area contributed by atoms with E-state index in [-0.39, 0.29) is 18.3 Å². The van der Waals surface area contributed by atoms with Crippen LogP contribution in [0.25, 0.3) is 0 Å². The topological polar surface area (TPSA) is 44.4 Å². The fraction of sp³-hybridized carbons (Fsp3) is 0.929. The van der Waals surface area contributed by atoms with Crippen LogP contribution < -0.4 is 10.6 Å². The third-order valence-electron chi connectivity index (χ3n) is 3.51. The number of hydrogen-bond donors (Lipinski definition) is 2. The van der Waals surface area contributed by atoms with Gasteiger partial charge in [-0.15, -0.1) is 12.4 Å². The molecule has 2 unspecified atom stereocenters. The van der Waals surface area contributed by atoms with Gasteiger partial charge in [-0.2, -0.15) is 0 Å². The highest BCUT2D eigenvalue weighted by molar-refractivity contribution is 5.85. The van der Waals surface area contributed by atoms with E-state index in [2.05, 4.69) is 29.4 Å². The second-order valence-electron chi connectivity index (χ2n) is 5.79. The van der Waals surface area contributed by atoms with Crippen molar-refractivity contribution in [1.29, 1.82) is 0 Å². The van der Waals surface area contributed by atoms with Crippen molar-refractivity contribution in [2.75, 3.05) is 39.8 Å². The number of halogens is 1. The molecule has 1 saturated heterocycles. The zero-order chi connectivity index (χ0) is 13.4. The first kappa shape index (κ1) is 18.7. The molecule has 1 fully saturated rings. The molecule has 0 spiro atoms. The molecule has 0 aromatic heterocycles. The van der Waals surface area contributed by atoms with E-state index in [9.17, 15) is 4.79 Å². The summed E-state index contributed by atoms with van der Waals surface area (Å²) >= 11 is 0. The molecular formula is C14H30ClN3O. The molecule has 0 saturated carbocycles. The Morgan fingerprint density at radius 3 is 2.42 bits per heavy atom. The molecule has 2 atom stereocenters. The monoisotopic (exact) mass is 291 g/mol. The molecule has 1 aliphatic heterocycles. The highest BCUT2D eigenvalue weighted by atomic mass is 35.5. The normalized spacial score (nSPS) is 23.7. The van der Waals surface area contributed by atoms with Crippen molar-refractivity contribution in [3.63, 3.8) is 0 Å². The van der Waals surface area contributed by atoms with Gasteiger partial charge in [-0.3, -0.25) is 4.79 Å². The number of likely N-dealkylation sites (N-methyl/N-ethyl adjacent to an activating group) is 1. The predicted molar refractivity (Wildman–Crippen MR) is 82.8 cm³/mol. The van der Waals surface area contributed by atoms with Gasteiger partial charge in [0.2, 0.25) is 5.91 Å². The van der Waals surface area contributed by atoms with Gasteiger partial charge < -0.3 is 15.5 Å². The van der Waals surface area contributed by atoms with Gasteiger partial charge in [-0.25, -0.2) is 0 Å². The highest BCUT2D eigenvalue weighted by Crippen LogP contribution is 2.20. The van der Waals surface area contributed by atoms with Crippen LogP contribution >= 0.6 is 12.4 Å². The lowest BCUT2D eigenvalue weighted by molar-refractivity contribution is -0.120.